The summed E-state index contributed by atoms with van der Waals surface area (Å²) in [6.45, 7) is 3.38. The summed E-state index contributed by atoms with van der Waals surface area (Å²) in [7, 11) is 0. The van der Waals surface area contributed by atoms with Gasteiger partial charge >= 0.3 is 0 Å². The molecule has 0 bridgehead atoms. The molecule has 18 heavy (non-hydrogen) atoms. The molecule has 1 amide bonds. The van der Waals surface area contributed by atoms with Crippen molar-refractivity contribution in [3.63, 3.8) is 0 Å². The molecule has 3 N–H and O–H groups in total. The van der Waals surface area contributed by atoms with Gasteiger partial charge in [-0.1, -0.05) is 6.07 Å². The second-order valence-electron chi connectivity index (χ2n) is 3.92. The molecule has 2 rings (SSSR count). The van der Waals surface area contributed by atoms with E-state index in [1.807, 2.05) is 0 Å². The number of aromatic nitrogens is 3. The number of hydrogen-bond acceptors (Lipinski definition) is 4. The third-order valence-corrected chi connectivity index (χ3v) is 2.51. The van der Waals surface area contributed by atoms with Gasteiger partial charge in [0.25, 0.3) is 5.91 Å². The van der Waals surface area contributed by atoms with Crippen LogP contribution in [-0.4, -0.2) is 26.0 Å². The molecule has 0 atom stereocenters. The average Bonchev–Trinajstić information content (AvgIpc) is 2.69. The molecular formula is C12H14N4O2. The third-order valence-electron chi connectivity index (χ3n) is 2.51. The van der Waals surface area contributed by atoms with E-state index in [1.54, 1.807) is 32.2 Å². The molecule has 0 aliphatic rings. The highest BCUT2D eigenvalue weighted by Crippen LogP contribution is 2.13. The van der Waals surface area contributed by atoms with Crippen molar-refractivity contribution in [2.24, 2.45) is 0 Å². The van der Waals surface area contributed by atoms with Crippen molar-refractivity contribution in [1.82, 2.24) is 15.0 Å². The number of anilines is 1. The molecule has 6 nitrogen and oxygen atoms in total. The highest BCUT2D eigenvalue weighted by Gasteiger charge is 2.15. The average molecular weight is 246 g/mol. The number of carbonyl (C=O) groups is 1. The normalized spacial score (nSPS) is 10.4. The summed E-state index contributed by atoms with van der Waals surface area (Å²) in [4.78, 5) is 23.1. The Labute approximate surface area is 104 Å². The molecule has 0 aliphatic carbocycles. The van der Waals surface area contributed by atoms with E-state index < -0.39 is 0 Å². The minimum absolute atomic E-state index is 0.179. The van der Waals surface area contributed by atoms with Crippen molar-refractivity contribution in [1.29, 1.82) is 0 Å². The van der Waals surface area contributed by atoms with Gasteiger partial charge < -0.3 is 15.4 Å². The lowest BCUT2D eigenvalue weighted by atomic mass is 10.2. The van der Waals surface area contributed by atoms with Crippen LogP contribution in [0.3, 0.4) is 0 Å². The Morgan fingerprint density at radius 3 is 2.89 bits per heavy atom. The van der Waals surface area contributed by atoms with Gasteiger partial charge in [0.15, 0.2) is 0 Å². The summed E-state index contributed by atoms with van der Waals surface area (Å²) >= 11 is 0. The number of aliphatic hydroxyl groups excluding tert-OH is 1. The molecule has 2 heterocycles. The highest BCUT2D eigenvalue weighted by molar-refractivity contribution is 6.03. The van der Waals surface area contributed by atoms with E-state index in [0.717, 1.165) is 0 Å². The van der Waals surface area contributed by atoms with Gasteiger partial charge in [-0.15, -0.1) is 0 Å². The van der Waals surface area contributed by atoms with E-state index in [-0.39, 0.29) is 12.5 Å². The number of aryl methyl sites for hydroxylation is 2. The van der Waals surface area contributed by atoms with Crippen LogP contribution >= 0.6 is 0 Å². The molecule has 0 unspecified atom stereocenters. The molecule has 0 fully saturated rings. The molecule has 0 spiro atoms. The number of carbonyl (C=O) groups excluding carboxylic acids is 1. The van der Waals surface area contributed by atoms with Gasteiger partial charge in [0.1, 0.15) is 17.3 Å². The number of aromatic amines is 1. The Morgan fingerprint density at radius 2 is 2.28 bits per heavy atom. The largest absolute Gasteiger partial charge is 0.392 e. The number of imidazole rings is 1. The van der Waals surface area contributed by atoms with Crippen LogP contribution in [0.4, 0.5) is 5.82 Å². The third kappa shape index (κ3) is 2.38. The van der Waals surface area contributed by atoms with Crippen molar-refractivity contribution >= 4 is 11.7 Å². The standard InChI is InChI=1S/C12H14N4O2/c1-7-10(15-8(2)14-7)12(18)16-11-9(6-17)4-3-5-13-11/h3-5,17H,6H2,1-2H3,(H,14,15)(H,13,16,18). The van der Waals surface area contributed by atoms with E-state index in [2.05, 4.69) is 20.3 Å². The Hall–Kier alpha value is -2.21. The highest BCUT2D eigenvalue weighted by atomic mass is 16.3. The fourth-order valence-electron chi connectivity index (χ4n) is 1.68. The zero-order valence-electron chi connectivity index (χ0n) is 10.2. The maximum absolute atomic E-state index is 12.0. The molecule has 0 saturated carbocycles. The smallest absolute Gasteiger partial charge is 0.277 e. The Balaban J connectivity index is 2.24. The van der Waals surface area contributed by atoms with E-state index in [1.165, 1.54) is 0 Å². The van der Waals surface area contributed by atoms with Crippen LogP contribution in [0, 0.1) is 13.8 Å². The minimum atomic E-state index is -0.342. The summed E-state index contributed by atoms with van der Waals surface area (Å²) in [6.07, 6.45) is 1.55. The zero-order valence-corrected chi connectivity index (χ0v) is 10.2. The van der Waals surface area contributed by atoms with Crippen LogP contribution in [-0.2, 0) is 6.61 Å². The van der Waals surface area contributed by atoms with Gasteiger partial charge in [-0.05, 0) is 19.9 Å². The van der Waals surface area contributed by atoms with Gasteiger partial charge in [-0.3, -0.25) is 4.79 Å². The van der Waals surface area contributed by atoms with Gasteiger partial charge in [-0.25, -0.2) is 9.97 Å². The van der Waals surface area contributed by atoms with Crippen molar-refractivity contribution in [2.45, 2.75) is 20.5 Å². The first-order valence-corrected chi connectivity index (χ1v) is 5.51. The van der Waals surface area contributed by atoms with Crippen LogP contribution in [0.5, 0.6) is 0 Å². The molecule has 94 valence electrons. The second kappa shape index (κ2) is 4.97. The number of pyridine rings is 1. The second-order valence-corrected chi connectivity index (χ2v) is 3.92. The first kappa shape index (κ1) is 12.3. The summed E-state index contributed by atoms with van der Waals surface area (Å²) in [5.41, 5.74) is 1.60. The lowest BCUT2D eigenvalue weighted by Gasteiger charge is -2.06. The lowest BCUT2D eigenvalue weighted by molar-refractivity contribution is 0.102. The molecule has 2 aromatic rings. The van der Waals surface area contributed by atoms with Crippen LogP contribution in [0.2, 0.25) is 0 Å². The zero-order chi connectivity index (χ0) is 13.1. The van der Waals surface area contributed by atoms with Crippen molar-refractivity contribution in [3.05, 3.63) is 41.1 Å². The van der Waals surface area contributed by atoms with Crippen LogP contribution in [0.25, 0.3) is 0 Å². The Kier molecular flexibility index (Phi) is 3.38. The van der Waals surface area contributed by atoms with Crippen LogP contribution < -0.4 is 5.32 Å². The summed E-state index contributed by atoms with van der Waals surface area (Å²) in [5, 5.41) is 11.8. The predicted octanol–water partition coefficient (Wildman–Crippen LogP) is 1.17. The molecule has 2 aromatic heterocycles. The monoisotopic (exact) mass is 246 g/mol. The minimum Gasteiger partial charge on any atom is -0.392 e. The number of nitrogens with one attached hydrogen (secondary N) is 2. The molecule has 0 saturated heterocycles. The van der Waals surface area contributed by atoms with E-state index >= 15 is 0 Å². The van der Waals surface area contributed by atoms with E-state index in [0.29, 0.717) is 28.6 Å². The van der Waals surface area contributed by atoms with Crippen LogP contribution in [0.1, 0.15) is 27.6 Å². The fraction of sp³-hybridized carbons (Fsp3) is 0.250. The quantitative estimate of drug-likeness (QED) is 0.758. The lowest BCUT2D eigenvalue weighted by Crippen LogP contribution is -2.16. The Bertz CT molecular complexity index is 577. The maximum Gasteiger partial charge on any atom is 0.277 e. The first-order chi connectivity index (χ1) is 8.61. The number of aliphatic hydroxyl groups is 1. The number of H-pyrrole nitrogens is 1. The molecule has 6 heteroatoms. The van der Waals surface area contributed by atoms with E-state index in [9.17, 15) is 4.79 Å². The van der Waals surface area contributed by atoms with Gasteiger partial charge in [0.05, 0.1) is 6.61 Å². The van der Waals surface area contributed by atoms with Gasteiger partial charge in [0, 0.05) is 17.5 Å². The number of nitrogens with zero attached hydrogens (tertiary/aromatic N) is 2. The SMILES string of the molecule is Cc1nc(C(=O)Nc2ncccc2CO)c(C)[nH]1. The number of rotatable bonds is 3. The van der Waals surface area contributed by atoms with Gasteiger partial charge in [0.2, 0.25) is 0 Å². The van der Waals surface area contributed by atoms with E-state index in [4.69, 9.17) is 5.11 Å². The van der Waals surface area contributed by atoms with Crippen molar-refractivity contribution < 1.29 is 9.90 Å². The van der Waals surface area contributed by atoms with Gasteiger partial charge in [-0.2, -0.15) is 0 Å². The van der Waals surface area contributed by atoms with Crippen molar-refractivity contribution in [3.8, 4) is 0 Å². The maximum atomic E-state index is 12.0. The first-order valence-electron chi connectivity index (χ1n) is 5.51. The molecule has 0 aliphatic heterocycles. The Morgan fingerprint density at radius 1 is 1.50 bits per heavy atom. The molecule has 0 aromatic carbocycles. The number of amides is 1. The fourth-order valence-corrected chi connectivity index (χ4v) is 1.68. The van der Waals surface area contributed by atoms with Crippen molar-refractivity contribution in [2.75, 3.05) is 5.32 Å². The molecule has 0 radical (unpaired) electrons. The molecular weight excluding hydrogens is 232 g/mol. The van der Waals surface area contributed by atoms with Crippen LogP contribution in [0.15, 0.2) is 18.3 Å². The number of hydrogen-bond donors (Lipinski definition) is 3. The summed E-state index contributed by atoms with van der Waals surface area (Å²) in [5.74, 6) is 0.691. The summed E-state index contributed by atoms with van der Waals surface area (Å²) in [6, 6.07) is 3.40. The topological polar surface area (TPSA) is 90.9 Å². The summed E-state index contributed by atoms with van der Waals surface area (Å²) < 4.78 is 0. The predicted molar refractivity (Wildman–Crippen MR) is 66.2 cm³/mol.